The minimum Gasteiger partial charge on any atom is -0.326 e. The molecule has 4 nitrogen and oxygen atoms in total. The first-order valence-electron chi connectivity index (χ1n) is 4.49. The molecule has 1 heterocycles. The van der Waals surface area contributed by atoms with Crippen LogP contribution >= 0.6 is 0 Å². The lowest BCUT2D eigenvalue weighted by molar-refractivity contribution is 0.782. The van der Waals surface area contributed by atoms with Gasteiger partial charge in [0.2, 0.25) is 0 Å². The SMILES string of the molecule is NCc1ccccc1Cn1cnnc1. The van der Waals surface area contributed by atoms with Crippen molar-refractivity contribution in [3.8, 4) is 0 Å². The summed E-state index contributed by atoms with van der Waals surface area (Å²) in [4.78, 5) is 0. The van der Waals surface area contributed by atoms with Gasteiger partial charge in [0.05, 0.1) is 6.54 Å². The van der Waals surface area contributed by atoms with Gasteiger partial charge >= 0.3 is 0 Å². The molecular weight excluding hydrogens is 176 g/mol. The molecule has 0 atom stereocenters. The fourth-order valence-electron chi connectivity index (χ4n) is 1.41. The van der Waals surface area contributed by atoms with Gasteiger partial charge in [0, 0.05) is 6.54 Å². The molecule has 0 amide bonds. The Morgan fingerprint density at radius 2 is 1.71 bits per heavy atom. The number of nitrogens with zero attached hydrogens (tertiary/aromatic N) is 3. The van der Waals surface area contributed by atoms with Crippen molar-refractivity contribution in [1.29, 1.82) is 0 Å². The average molecular weight is 188 g/mol. The second-order valence-corrected chi connectivity index (χ2v) is 3.11. The van der Waals surface area contributed by atoms with E-state index in [-0.39, 0.29) is 0 Å². The zero-order valence-electron chi connectivity index (χ0n) is 7.80. The molecule has 2 aromatic rings. The van der Waals surface area contributed by atoms with Crippen LogP contribution in [0.1, 0.15) is 11.1 Å². The molecule has 0 bridgehead atoms. The molecule has 14 heavy (non-hydrogen) atoms. The van der Waals surface area contributed by atoms with Crippen LogP contribution in [0, 0.1) is 0 Å². The van der Waals surface area contributed by atoms with E-state index in [0.29, 0.717) is 6.54 Å². The number of aromatic nitrogens is 3. The predicted octanol–water partition coefficient (Wildman–Crippen LogP) is 0.785. The van der Waals surface area contributed by atoms with E-state index in [9.17, 15) is 0 Å². The molecule has 2 rings (SSSR count). The summed E-state index contributed by atoms with van der Waals surface area (Å²) < 4.78 is 1.93. The predicted molar refractivity (Wildman–Crippen MR) is 53.5 cm³/mol. The molecule has 1 aromatic carbocycles. The van der Waals surface area contributed by atoms with Crippen LogP contribution in [0.4, 0.5) is 0 Å². The standard InChI is InChI=1S/C10H12N4/c11-5-9-3-1-2-4-10(9)6-14-7-12-13-8-14/h1-4,7-8H,5-6,11H2. The molecule has 0 fully saturated rings. The van der Waals surface area contributed by atoms with Gasteiger partial charge in [0.1, 0.15) is 12.7 Å². The van der Waals surface area contributed by atoms with E-state index < -0.39 is 0 Å². The van der Waals surface area contributed by atoms with Gasteiger partial charge in [-0.3, -0.25) is 0 Å². The lowest BCUT2D eigenvalue weighted by Crippen LogP contribution is -2.04. The normalized spacial score (nSPS) is 10.4. The summed E-state index contributed by atoms with van der Waals surface area (Å²) in [6.45, 7) is 1.35. The monoisotopic (exact) mass is 188 g/mol. The number of rotatable bonds is 3. The van der Waals surface area contributed by atoms with Crippen molar-refractivity contribution in [3.63, 3.8) is 0 Å². The van der Waals surface area contributed by atoms with Crippen molar-refractivity contribution in [3.05, 3.63) is 48.0 Å². The van der Waals surface area contributed by atoms with Gasteiger partial charge in [0.15, 0.2) is 0 Å². The van der Waals surface area contributed by atoms with Crippen molar-refractivity contribution >= 4 is 0 Å². The molecule has 0 aliphatic rings. The molecular formula is C10H12N4. The van der Waals surface area contributed by atoms with Gasteiger partial charge in [-0.2, -0.15) is 0 Å². The van der Waals surface area contributed by atoms with Gasteiger partial charge in [-0.1, -0.05) is 24.3 Å². The van der Waals surface area contributed by atoms with Crippen LogP contribution in [-0.4, -0.2) is 14.8 Å². The van der Waals surface area contributed by atoms with E-state index in [4.69, 9.17) is 5.73 Å². The van der Waals surface area contributed by atoms with Crippen molar-refractivity contribution in [2.75, 3.05) is 0 Å². The van der Waals surface area contributed by atoms with Crippen molar-refractivity contribution < 1.29 is 0 Å². The Balaban J connectivity index is 2.24. The number of hydrogen-bond acceptors (Lipinski definition) is 3. The van der Waals surface area contributed by atoms with Crippen molar-refractivity contribution in [2.24, 2.45) is 5.73 Å². The summed E-state index contributed by atoms with van der Waals surface area (Å²) in [5.41, 5.74) is 8.02. The molecule has 1 aromatic heterocycles. The molecule has 0 unspecified atom stereocenters. The zero-order chi connectivity index (χ0) is 9.80. The Morgan fingerprint density at radius 3 is 2.36 bits per heavy atom. The Bertz CT molecular complexity index is 394. The van der Waals surface area contributed by atoms with Gasteiger partial charge in [-0.25, -0.2) is 0 Å². The summed E-state index contributed by atoms with van der Waals surface area (Å²) in [5.74, 6) is 0. The summed E-state index contributed by atoms with van der Waals surface area (Å²) in [6.07, 6.45) is 3.40. The van der Waals surface area contributed by atoms with E-state index in [1.165, 1.54) is 11.1 Å². The molecule has 0 aliphatic carbocycles. The summed E-state index contributed by atoms with van der Waals surface area (Å²) in [5, 5.41) is 7.51. The fraction of sp³-hybridized carbons (Fsp3) is 0.200. The van der Waals surface area contributed by atoms with Gasteiger partial charge in [-0.05, 0) is 11.1 Å². The van der Waals surface area contributed by atoms with E-state index in [0.717, 1.165) is 6.54 Å². The maximum absolute atomic E-state index is 5.64. The zero-order valence-corrected chi connectivity index (χ0v) is 7.80. The molecule has 4 heteroatoms. The van der Waals surface area contributed by atoms with Crippen LogP contribution in [0.3, 0.4) is 0 Å². The molecule has 0 saturated heterocycles. The van der Waals surface area contributed by atoms with E-state index in [1.807, 2.05) is 22.8 Å². The fourth-order valence-corrected chi connectivity index (χ4v) is 1.41. The molecule has 0 aliphatic heterocycles. The summed E-state index contributed by atoms with van der Waals surface area (Å²) in [6, 6.07) is 8.12. The maximum atomic E-state index is 5.64. The topological polar surface area (TPSA) is 56.7 Å². The van der Waals surface area contributed by atoms with E-state index >= 15 is 0 Å². The molecule has 72 valence electrons. The first kappa shape index (κ1) is 8.90. The van der Waals surface area contributed by atoms with Gasteiger partial charge in [0.25, 0.3) is 0 Å². The highest BCUT2D eigenvalue weighted by atomic mass is 15.2. The second kappa shape index (κ2) is 4.02. The number of nitrogens with two attached hydrogens (primary N) is 1. The smallest absolute Gasteiger partial charge is 0.119 e. The largest absolute Gasteiger partial charge is 0.326 e. The minimum absolute atomic E-state index is 0.568. The highest BCUT2D eigenvalue weighted by Gasteiger charge is 2.00. The number of benzene rings is 1. The summed E-state index contributed by atoms with van der Waals surface area (Å²) in [7, 11) is 0. The van der Waals surface area contributed by atoms with Crippen LogP contribution in [-0.2, 0) is 13.1 Å². The third kappa shape index (κ3) is 1.80. The van der Waals surface area contributed by atoms with Gasteiger partial charge in [-0.15, -0.1) is 10.2 Å². The average Bonchev–Trinajstić information content (AvgIpc) is 2.71. The van der Waals surface area contributed by atoms with Crippen LogP contribution in [0.2, 0.25) is 0 Å². The lowest BCUT2D eigenvalue weighted by Gasteiger charge is -2.06. The van der Waals surface area contributed by atoms with Crippen LogP contribution in [0.5, 0.6) is 0 Å². The Kier molecular flexibility index (Phi) is 2.55. The van der Waals surface area contributed by atoms with Gasteiger partial charge < -0.3 is 10.3 Å². The van der Waals surface area contributed by atoms with Crippen LogP contribution < -0.4 is 5.73 Å². The number of hydrogen-bond donors (Lipinski definition) is 1. The van der Waals surface area contributed by atoms with Crippen LogP contribution in [0.25, 0.3) is 0 Å². The third-order valence-electron chi connectivity index (χ3n) is 2.16. The maximum Gasteiger partial charge on any atom is 0.119 e. The Labute approximate surface area is 82.4 Å². The highest BCUT2D eigenvalue weighted by Crippen LogP contribution is 2.09. The third-order valence-corrected chi connectivity index (χ3v) is 2.16. The van der Waals surface area contributed by atoms with E-state index in [2.05, 4.69) is 16.3 Å². The molecule has 0 spiro atoms. The first-order chi connectivity index (χ1) is 6.90. The van der Waals surface area contributed by atoms with Crippen molar-refractivity contribution in [2.45, 2.75) is 13.1 Å². The first-order valence-corrected chi connectivity index (χ1v) is 4.49. The highest BCUT2D eigenvalue weighted by molar-refractivity contribution is 5.26. The Morgan fingerprint density at radius 1 is 1.07 bits per heavy atom. The molecule has 0 radical (unpaired) electrons. The van der Waals surface area contributed by atoms with Crippen LogP contribution in [0.15, 0.2) is 36.9 Å². The Hall–Kier alpha value is -1.68. The molecule has 0 saturated carbocycles. The summed E-state index contributed by atoms with van der Waals surface area (Å²) >= 11 is 0. The minimum atomic E-state index is 0.568. The quantitative estimate of drug-likeness (QED) is 0.774. The van der Waals surface area contributed by atoms with Crippen molar-refractivity contribution in [1.82, 2.24) is 14.8 Å². The molecule has 2 N–H and O–H groups in total. The van der Waals surface area contributed by atoms with E-state index in [1.54, 1.807) is 12.7 Å². The second-order valence-electron chi connectivity index (χ2n) is 3.11. The lowest BCUT2D eigenvalue weighted by atomic mass is 10.1.